The molecule has 3 rings (SSSR count). The molecule has 9 heteroatoms. The Kier molecular flexibility index (Phi) is 9.04. The molecule has 164 valence electrons. The lowest BCUT2D eigenvalue weighted by molar-refractivity contribution is 0.263. The minimum Gasteiger partial charge on any atom is -0.409 e. The number of imidazole rings is 1. The summed E-state index contributed by atoms with van der Waals surface area (Å²) in [6.07, 6.45) is 3.56. The molecule has 0 atom stereocenters. The Hall–Kier alpha value is -0.823. The van der Waals surface area contributed by atoms with Gasteiger partial charge in [-0.05, 0) is 48.0 Å². The molecule has 2 aromatic heterocycles. The molecular formula is C21H27Cl4N3OSi. The van der Waals surface area contributed by atoms with Gasteiger partial charge in [-0.25, -0.2) is 4.98 Å². The lowest BCUT2D eigenvalue weighted by Gasteiger charge is -2.36. The molecule has 0 aliphatic carbocycles. The van der Waals surface area contributed by atoms with Gasteiger partial charge in [0.15, 0.2) is 8.32 Å². The largest absolute Gasteiger partial charge is 0.409 e. The first-order valence-electron chi connectivity index (χ1n) is 9.49. The van der Waals surface area contributed by atoms with Gasteiger partial charge in [-0.2, -0.15) is 0 Å². The summed E-state index contributed by atoms with van der Waals surface area (Å²) >= 11 is 22.1. The first kappa shape index (κ1) is 25.4. The molecular weight excluding hydrogens is 480 g/mol. The number of aromatic nitrogens is 3. The summed E-state index contributed by atoms with van der Waals surface area (Å²) in [4.78, 5) is 8.97. The highest BCUT2D eigenvalue weighted by molar-refractivity contribution is 6.74. The number of nitrogens with zero attached hydrogens (tertiary/aromatic N) is 3. The standard InChI is InChI=1S/C20H25Cl2N3OSi.CH2Cl2/c1-20(2,3)27(4,5)26-13-19-24-17-11-23-9-8-18(17)25(19)12-14-10-15(21)6-7-16(14)22;2-1-3/h6-11H,12-13H2,1-5H3;1H2. The number of fused-ring (bicyclic) bond motifs is 1. The van der Waals surface area contributed by atoms with Gasteiger partial charge >= 0.3 is 0 Å². The fourth-order valence-corrected chi connectivity index (χ4v) is 3.91. The summed E-state index contributed by atoms with van der Waals surface area (Å²) < 4.78 is 8.56. The van der Waals surface area contributed by atoms with Crippen LogP contribution in [0.5, 0.6) is 0 Å². The lowest BCUT2D eigenvalue weighted by atomic mass is 10.2. The molecule has 0 bridgehead atoms. The maximum absolute atomic E-state index is 6.42. The fraction of sp³-hybridized carbons (Fsp3) is 0.429. The molecule has 0 fully saturated rings. The molecule has 0 aliphatic rings. The van der Waals surface area contributed by atoms with Crippen molar-refractivity contribution in [3.05, 3.63) is 58.1 Å². The first-order valence-corrected chi connectivity index (χ1v) is 14.2. The molecule has 0 radical (unpaired) electrons. The predicted octanol–water partition coefficient (Wildman–Crippen LogP) is 7.73. The molecule has 0 aliphatic heterocycles. The Morgan fingerprint density at radius 2 is 1.77 bits per heavy atom. The van der Waals surface area contributed by atoms with Crippen molar-refractivity contribution in [3.8, 4) is 0 Å². The van der Waals surface area contributed by atoms with E-state index in [1.807, 2.05) is 18.2 Å². The van der Waals surface area contributed by atoms with Crippen LogP contribution in [0.4, 0.5) is 0 Å². The van der Waals surface area contributed by atoms with Crippen LogP contribution in [-0.2, 0) is 17.6 Å². The second kappa shape index (κ2) is 10.7. The predicted molar refractivity (Wildman–Crippen MR) is 132 cm³/mol. The number of alkyl halides is 2. The van der Waals surface area contributed by atoms with E-state index in [1.165, 1.54) is 0 Å². The molecule has 0 saturated carbocycles. The third-order valence-electron chi connectivity index (χ3n) is 5.33. The van der Waals surface area contributed by atoms with Crippen molar-refractivity contribution in [1.82, 2.24) is 14.5 Å². The molecule has 3 aromatic rings. The van der Waals surface area contributed by atoms with Crippen molar-refractivity contribution in [2.75, 3.05) is 5.34 Å². The molecule has 0 amide bonds. The van der Waals surface area contributed by atoms with Crippen LogP contribution in [0.3, 0.4) is 0 Å². The Bertz CT molecular complexity index is 986. The van der Waals surface area contributed by atoms with Crippen LogP contribution >= 0.6 is 46.4 Å². The van der Waals surface area contributed by atoms with Crippen molar-refractivity contribution in [1.29, 1.82) is 0 Å². The second-order valence-corrected chi connectivity index (χ2v) is 14.8. The smallest absolute Gasteiger partial charge is 0.192 e. The molecule has 0 N–H and O–H groups in total. The monoisotopic (exact) mass is 505 g/mol. The van der Waals surface area contributed by atoms with Crippen molar-refractivity contribution >= 4 is 65.8 Å². The van der Waals surface area contributed by atoms with Gasteiger partial charge in [0, 0.05) is 16.2 Å². The summed E-state index contributed by atoms with van der Waals surface area (Å²) in [7, 11) is -1.89. The number of benzene rings is 1. The van der Waals surface area contributed by atoms with E-state index < -0.39 is 8.32 Å². The average Bonchev–Trinajstić information content (AvgIpc) is 3.00. The summed E-state index contributed by atoms with van der Waals surface area (Å²) in [6, 6.07) is 7.49. The molecule has 30 heavy (non-hydrogen) atoms. The van der Waals surface area contributed by atoms with Crippen molar-refractivity contribution in [2.45, 2.75) is 52.1 Å². The maximum Gasteiger partial charge on any atom is 0.192 e. The van der Waals surface area contributed by atoms with E-state index in [4.69, 9.17) is 55.8 Å². The SMILES string of the molecule is CC(C)(C)[Si](C)(C)OCc1nc2cnccc2n1Cc1cc(Cl)ccc1Cl.ClCCl. The summed E-state index contributed by atoms with van der Waals surface area (Å²) in [5.41, 5.74) is 2.81. The fourth-order valence-electron chi connectivity index (χ4n) is 2.61. The summed E-state index contributed by atoms with van der Waals surface area (Å²) in [6.45, 7) is 12.2. The molecule has 0 saturated heterocycles. The van der Waals surface area contributed by atoms with E-state index in [9.17, 15) is 0 Å². The van der Waals surface area contributed by atoms with E-state index >= 15 is 0 Å². The zero-order valence-electron chi connectivity index (χ0n) is 17.8. The van der Waals surface area contributed by atoms with E-state index in [1.54, 1.807) is 18.5 Å². The molecule has 0 spiro atoms. The zero-order chi connectivity index (χ0) is 22.5. The quantitative estimate of drug-likeness (QED) is 0.262. The topological polar surface area (TPSA) is 39.9 Å². The van der Waals surface area contributed by atoms with Crippen molar-refractivity contribution in [3.63, 3.8) is 0 Å². The molecule has 2 heterocycles. The van der Waals surface area contributed by atoms with Crippen LogP contribution in [0.1, 0.15) is 32.2 Å². The average molecular weight is 507 g/mol. The van der Waals surface area contributed by atoms with Gasteiger partial charge in [0.2, 0.25) is 0 Å². The highest BCUT2D eigenvalue weighted by Crippen LogP contribution is 2.37. The Labute approximate surface area is 199 Å². The number of pyridine rings is 1. The maximum atomic E-state index is 6.42. The first-order chi connectivity index (χ1) is 14.0. The summed E-state index contributed by atoms with van der Waals surface area (Å²) in [5, 5.41) is 1.69. The molecule has 0 unspecified atom stereocenters. The van der Waals surface area contributed by atoms with Gasteiger partial charge < -0.3 is 8.99 Å². The number of hydrogen-bond donors (Lipinski definition) is 0. The van der Waals surface area contributed by atoms with E-state index in [0.29, 0.717) is 23.2 Å². The van der Waals surface area contributed by atoms with Gasteiger partial charge in [-0.1, -0.05) is 44.0 Å². The normalized spacial score (nSPS) is 12.0. The minimum absolute atomic E-state index is 0.141. The van der Waals surface area contributed by atoms with Gasteiger partial charge in [0.1, 0.15) is 11.3 Å². The van der Waals surface area contributed by atoms with Crippen LogP contribution in [0.25, 0.3) is 11.0 Å². The Morgan fingerprint density at radius 1 is 1.10 bits per heavy atom. The molecule has 4 nitrogen and oxygen atoms in total. The number of halogens is 4. The summed E-state index contributed by atoms with van der Waals surface area (Å²) in [5.74, 6) is 0.874. The van der Waals surface area contributed by atoms with Crippen LogP contribution < -0.4 is 0 Å². The van der Waals surface area contributed by atoms with E-state index in [-0.39, 0.29) is 10.4 Å². The Balaban J connectivity index is 0.00000101. The van der Waals surface area contributed by atoms with Crippen molar-refractivity contribution < 1.29 is 4.43 Å². The molecule has 1 aromatic carbocycles. The van der Waals surface area contributed by atoms with Crippen LogP contribution in [-0.4, -0.2) is 28.2 Å². The number of rotatable bonds is 5. The highest BCUT2D eigenvalue weighted by atomic mass is 35.5. The Morgan fingerprint density at radius 3 is 2.40 bits per heavy atom. The van der Waals surface area contributed by atoms with E-state index in [0.717, 1.165) is 22.4 Å². The van der Waals surface area contributed by atoms with Crippen LogP contribution in [0.2, 0.25) is 28.2 Å². The third kappa shape index (κ3) is 6.34. The van der Waals surface area contributed by atoms with Gasteiger partial charge in [-0.15, -0.1) is 23.2 Å². The zero-order valence-corrected chi connectivity index (χ0v) is 21.9. The van der Waals surface area contributed by atoms with Gasteiger partial charge in [0.25, 0.3) is 0 Å². The highest BCUT2D eigenvalue weighted by Gasteiger charge is 2.37. The van der Waals surface area contributed by atoms with Crippen LogP contribution in [0, 0.1) is 0 Å². The van der Waals surface area contributed by atoms with E-state index in [2.05, 4.69) is 43.4 Å². The second-order valence-electron chi connectivity index (χ2n) is 8.36. The lowest BCUT2D eigenvalue weighted by Crippen LogP contribution is -2.40. The minimum atomic E-state index is -1.89. The van der Waals surface area contributed by atoms with Crippen LogP contribution in [0.15, 0.2) is 36.7 Å². The number of hydrogen-bond acceptors (Lipinski definition) is 3. The van der Waals surface area contributed by atoms with Gasteiger partial charge in [-0.3, -0.25) is 4.98 Å². The third-order valence-corrected chi connectivity index (χ3v) is 10.4. The van der Waals surface area contributed by atoms with Crippen molar-refractivity contribution in [2.24, 2.45) is 0 Å². The van der Waals surface area contributed by atoms with Gasteiger partial charge in [0.05, 0.1) is 30.2 Å².